The van der Waals surface area contributed by atoms with E-state index in [1.807, 2.05) is 0 Å². The van der Waals surface area contributed by atoms with Gasteiger partial charge in [-0.25, -0.2) is 4.79 Å². The second kappa shape index (κ2) is 5.20. The normalized spacial score (nSPS) is 25.6. The van der Waals surface area contributed by atoms with Gasteiger partial charge in [-0.15, -0.1) is 0 Å². The Labute approximate surface area is 85.1 Å². The number of likely N-dealkylation sites (tertiary alicyclic amines) is 1. The zero-order valence-electron chi connectivity index (χ0n) is 8.78. The van der Waals surface area contributed by atoms with Crippen molar-refractivity contribution < 1.29 is 9.90 Å². The van der Waals surface area contributed by atoms with Gasteiger partial charge in [0, 0.05) is 12.6 Å². The van der Waals surface area contributed by atoms with Gasteiger partial charge in [0.2, 0.25) is 0 Å². The molecule has 3 N–H and O–H groups in total. The summed E-state index contributed by atoms with van der Waals surface area (Å²) in [5.74, 6) is 0. The summed E-state index contributed by atoms with van der Waals surface area (Å²) in [4.78, 5) is 12.9. The van der Waals surface area contributed by atoms with Crippen LogP contribution in [0.3, 0.4) is 0 Å². The molecule has 14 heavy (non-hydrogen) atoms. The summed E-state index contributed by atoms with van der Waals surface area (Å²) in [5, 5.41) is 9.32. The second-order valence-electron chi connectivity index (χ2n) is 4.12. The maximum Gasteiger partial charge on any atom is 0.315 e. The monoisotopic (exact) mass is 200 g/mol. The molecule has 0 radical (unpaired) electrons. The van der Waals surface area contributed by atoms with Crippen molar-refractivity contribution in [2.75, 3.05) is 6.54 Å². The molecule has 1 aliphatic rings. The van der Waals surface area contributed by atoms with Crippen LogP contribution in [0.25, 0.3) is 0 Å². The molecule has 1 aliphatic heterocycles. The Morgan fingerprint density at radius 2 is 2.29 bits per heavy atom. The highest BCUT2D eigenvalue weighted by atomic mass is 16.3. The van der Waals surface area contributed by atoms with Gasteiger partial charge in [0.05, 0.1) is 6.10 Å². The first-order valence-corrected chi connectivity index (χ1v) is 5.35. The van der Waals surface area contributed by atoms with E-state index in [0.29, 0.717) is 6.42 Å². The number of aliphatic hydroxyl groups is 1. The van der Waals surface area contributed by atoms with E-state index in [2.05, 4.69) is 0 Å². The lowest BCUT2D eigenvalue weighted by Crippen LogP contribution is -2.44. The van der Waals surface area contributed by atoms with E-state index < -0.39 is 0 Å². The summed E-state index contributed by atoms with van der Waals surface area (Å²) in [5.41, 5.74) is 5.31. The third-order valence-corrected chi connectivity index (χ3v) is 2.77. The number of amides is 2. The Balaban J connectivity index is 2.59. The summed E-state index contributed by atoms with van der Waals surface area (Å²) in [6, 6.07) is -0.215. The third-order valence-electron chi connectivity index (χ3n) is 2.77. The Morgan fingerprint density at radius 1 is 1.57 bits per heavy atom. The van der Waals surface area contributed by atoms with Crippen molar-refractivity contribution in [3.63, 3.8) is 0 Å². The lowest BCUT2D eigenvalue weighted by molar-refractivity contribution is 0.125. The van der Waals surface area contributed by atoms with Crippen LogP contribution in [0.5, 0.6) is 0 Å². The van der Waals surface area contributed by atoms with Crippen LogP contribution in [0, 0.1) is 0 Å². The smallest absolute Gasteiger partial charge is 0.315 e. The summed E-state index contributed by atoms with van der Waals surface area (Å²) in [6.07, 6.45) is 4.55. The Hall–Kier alpha value is -0.770. The predicted octanol–water partition coefficient (Wildman–Crippen LogP) is 1.08. The van der Waals surface area contributed by atoms with Crippen LogP contribution in [0.2, 0.25) is 0 Å². The van der Waals surface area contributed by atoms with Gasteiger partial charge in [-0.1, -0.05) is 12.8 Å². The average Bonchev–Trinajstić information content (AvgIpc) is 2.28. The number of urea groups is 1. The van der Waals surface area contributed by atoms with Crippen molar-refractivity contribution in [1.29, 1.82) is 0 Å². The molecule has 0 spiro atoms. The summed E-state index contributed by atoms with van der Waals surface area (Å²) in [7, 11) is 0. The van der Waals surface area contributed by atoms with Gasteiger partial charge in [-0.05, 0) is 26.2 Å². The van der Waals surface area contributed by atoms with E-state index in [4.69, 9.17) is 5.73 Å². The van der Waals surface area contributed by atoms with Crippen LogP contribution in [0.4, 0.5) is 4.79 Å². The minimum atomic E-state index is -0.361. The van der Waals surface area contributed by atoms with E-state index in [-0.39, 0.29) is 18.2 Å². The molecule has 1 fully saturated rings. The standard InChI is InChI=1S/C10H20N2O2/c1-8(13)7-9-5-3-2-4-6-12(9)10(11)14/h8-9,13H,2-7H2,1H3,(H2,11,14). The maximum atomic E-state index is 11.2. The van der Waals surface area contributed by atoms with Crippen molar-refractivity contribution in [1.82, 2.24) is 4.90 Å². The third kappa shape index (κ3) is 3.18. The Bertz CT molecular complexity index is 195. The minimum absolute atomic E-state index is 0.134. The van der Waals surface area contributed by atoms with Crippen molar-refractivity contribution in [2.45, 2.75) is 51.2 Å². The highest BCUT2D eigenvalue weighted by Gasteiger charge is 2.24. The molecular weight excluding hydrogens is 180 g/mol. The zero-order chi connectivity index (χ0) is 10.6. The fourth-order valence-corrected chi connectivity index (χ4v) is 2.11. The fraction of sp³-hybridized carbons (Fsp3) is 0.900. The number of hydrogen-bond acceptors (Lipinski definition) is 2. The van der Waals surface area contributed by atoms with Crippen LogP contribution in [-0.4, -0.2) is 34.7 Å². The molecule has 0 bridgehead atoms. The lowest BCUT2D eigenvalue weighted by Gasteiger charge is -2.29. The van der Waals surface area contributed by atoms with Gasteiger partial charge in [0.15, 0.2) is 0 Å². The lowest BCUT2D eigenvalue weighted by atomic mass is 10.0. The molecule has 0 aromatic rings. The molecule has 2 unspecified atom stereocenters. The van der Waals surface area contributed by atoms with E-state index in [9.17, 15) is 9.90 Å². The Morgan fingerprint density at radius 3 is 2.86 bits per heavy atom. The molecule has 4 heteroatoms. The first-order chi connectivity index (χ1) is 6.61. The first-order valence-electron chi connectivity index (χ1n) is 5.35. The molecule has 0 aliphatic carbocycles. The average molecular weight is 200 g/mol. The van der Waals surface area contributed by atoms with Gasteiger partial charge in [-0.3, -0.25) is 0 Å². The van der Waals surface area contributed by atoms with E-state index in [1.54, 1.807) is 11.8 Å². The summed E-state index contributed by atoms with van der Waals surface area (Å²) < 4.78 is 0. The number of carbonyl (C=O) groups is 1. The van der Waals surface area contributed by atoms with Gasteiger partial charge in [-0.2, -0.15) is 0 Å². The second-order valence-corrected chi connectivity index (χ2v) is 4.12. The van der Waals surface area contributed by atoms with Gasteiger partial charge in [0.25, 0.3) is 0 Å². The van der Waals surface area contributed by atoms with Crippen LogP contribution < -0.4 is 5.73 Å². The number of primary amides is 1. The van der Waals surface area contributed by atoms with Crippen molar-refractivity contribution in [2.24, 2.45) is 5.73 Å². The molecule has 2 atom stereocenters. The van der Waals surface area contributed by atoms with E-state index in [1.165, 1.54) is 0 Å². The Kier molecular flexibility index (Phi) is 4.20. The predicted molar refractivity (Wildman–Crippen MR) is 54.8 cm³/mol. The van der Waals surface area contributed by atoms with Crippen molar-refractivity contribution in [3.05, 3.63) is 0 Å². The van der Waals surface area contributed by atoms with Gasteiger partial charge in [0.1, 0.15) is 0 Å². The molecule has 1 rings (SSSR count). The number of rotatable bonds is 2. The van der Waals surface area contributed by atoms with Crippen molar-refractivity contribution in [3.8, 4) is 0 Å². The molecule has 1 saturated heterocycles. The molecule has 0 aromatic carbocycles. The number of carbonyl (C=O) groups excluding carboxylic acids is 1. The topological polar surface area (TPSA) is 66.6 Å². The van der Waals surface area contributed by atoms with Crippen LogP contribution in [0.1, 0.15) is 39.0 Å². The zero-order valence-corrected chi connectivity index (χ0v) is 8.78. The highest BCUT2D eigenvalue weighted by Crippen LogP contribution is 2.20. The molecule has 0 saturated carbocycles. The van der Waals surface area contributed by atoms with Crippen LogP contribution in [-0.2, 0) is 0 Å². The van der Waals surface area contributed by atoms with E-state index in [0.717, 1.165) is 32.2 Å². The van der Waals surface area contributed by atoms with E-state index >= 15 is 0 Å². The number of hydrogen-bond donors (Lipinski definition) is 2. The molecule has 2 amide bonds. The molecule has 1 heterocycles. The molecule has 82 valence electrons. The van der Waals surface area contributed by atoms with Crippen LogP contribution in [0.15, 0.2) is 0 Å². The molecular formula is C10H20N2O2. The maximum absolute atomic E-state index is 11.2. The fourth-order valence-electron chi connectivity index (χ4n) is 2.11. The summed E-state index contributed by atoms with van der Waals surface area (Å²) in [6.45, 7) is 2.50. The first kappa shape index (κ1) is 11.3. The summed E-state index contributed by atoms with van der Waals surface area (Å²) >= 11 is 0. The van der Waals surface area contributed by atoms with Crippen molar-refractivity contribution >= 4 is 6.03 Å². The molecule has 0 aromatic heterocycles. The quantitative estimate of drug-likeness (QED) is 0.700. The minimum Gasteiger partial charge on any atom is -0.393 e. The van der Waals surface area contributed by atoms with Crippen LogP contribution >= 0.6 is 0 Å². The van der Waals surface area contributed by atoms with Gasteiger partial charge >= 0.3 is 6.03 Å². The SMILES string of the molecule is CC(O)CC1CCCCCN1C(N)=O. The highest BCUT2D eigenvalue weighted by molar-refractivity contribution is 5.72. The molecule has 4 nitrogen and oxygen atoms in total. The number of nitrogens with zero attached hydrogens (tertiary/aromatic N) is 1. The van der Waals surface area contributed by atoms with Gasteiger partial charge < -0.3 is 15.7 Å². The number of aliphatic hydroxyl groups excluding tert-OH is 1. The largest absolute Gasteiger partial charge is 0.393 e. The number of nitrogens with two attached hydrogens (primary N) is 1.